The van der Waals surface area contributed by atoms with Crippen molar-refractivity contribution in [2.45, 2.75) is 20.1 Å². The second-order valence-corrected chi connectivity index (χ2v) is 6.48. The molecule has 0 atom stereocenters. The van der Waals surface area contributed by atoms with Gasteiger partial charge in [-0.3, -0.25) is 9.69 Å². The van der Waals surface area contributed by atoms with Gasteiger partial charge >= 0.3 is 6.61 Å². The number of methoxy groups -OCH3 is 1. The number of likely N-dealkylation sites (N-methyl/N-ethyl adjacent to an activating group) is 1. The highest BCUT2D eigenvalue weighted by atomic mass is 35.5. The Kier molecular flexibility index (Phi) is 7.38. The second-order valence-electron chi connectivity index (χ2n) is 6.04. The third kappa shape index (κ3) is 6.37. The molecule has 2 aromatic rings. The van der Waals surface area contributed by atoms with Crippen molar-refractivity contribution in [3.05, 3.63) is 52.5 Å². The van der Waals surface area contributed by atoms with Gasteiger partial charge in [-0.25, -0.2) is 0 Å². The second kappa shape index (κ2) is 9.53. The van der Waals surface area contributed by atoms with Gasteiger partial charge < -0.3 is 14.8 Å². The van der Waals surface area contributed by atoms with E-state index in [-0.39, 0.29) is 24.0 Å². The van der Waals surface area contributed by atoms with Crippen molar-refractivity contribution in [3.8, 4) is 11.5 Å². The predicted molar refractivity (Wildman–Crippen MR) is 101 cm³/mol. The lowest BCUT2D eigenvalue weighted by Gasteiger charge is -2.18. The van der Waals surface area contributed by atoms with E-state index in [0.29, 0.717) is 17.3 Å². The molecule has 0 aromatic heterocycles. The van der Waals surface area contributed by atoms with E-state index in [2.05, 4.69) is 10.1 Å². The van der Waals surface area contributed by atoms with Gasteiger partial charge in [0.25, 0.3) is 0 Å². The number of rotatable bonds is 8. The van der Waals surface area contributed by atoms with Crippen molar-refractivity contribution in [1.82, 2.24) is 4.90 Å². The summed E-state index contributed by atoms with van der Waals surface area (Å²) >= 11 is 5.91. The summed E-state index contributed by atoms with van der Waals surface area (Å²) in [5.74, 6) is 0.00448. The van der Waals surface area contributed by atoms with Crippen molar-refractivity contribution < 1.29 is 23.0 Å². The Balaban J connectivity index is 1.96. The van der Waals surface area contributed by atoms with E-state index in [1.807, 2.05) is 6.92 Å². The molecule has 0 aliphatic carbocycles. The van der Waals surface area contributed by atoms with Crippen LogP contribution >= 0.6 is 11.6 Å². The number of hydrogen-bond acceptors (Lipinski definition) is 4. The molecule has 27 heavy (non-hydrogen) atoms. The van der Waals surface area contributed by atoms with E-state index in [4.69, 9.17) is 16.3 Å². The molecule has 1 N–H and O–H groups in total. The normalized spacial score (nSPS) is 11.0. The molecule has 0 radical (unpaired) electrons. The number of hydrogen-bond donors (Lipinski definition) is 1. The number of carbonyl (C=O) groups excluding carboxylic acids is 1. The molecule has 146 valence electrons. The van der Waals surface area contributed by atoms with Gasteiger partial charge in [0.15, 0.2) is 11.5 Å². The molecule has 1 amide bonds. The summed E-state index contributed by atoms with van der Waals surface area (Å²) in [6.07, 6.45) is 0. The van der Waals surface area contributed by atoms with Crippen LogP contribution in [0.2, 0.25) is 5.02 Å². The zero-order valence-electron chi connectivity index (χ0n) is 15.3. The molecule has 0 unspecified atom stereocenters. The van der Waals surface area contributed by atoms with Crippen LogP contribution in [0.4, 0.5) is 14.5 Å². The quantitative estimate of drug-likeness (QED) is 0.719. The lowest BCUT2D eigenvalue weighted by atomic mass is 10.2. The molecule has 5 nitrogen and oxygen atoms in total. The number of halogens is 3. The number of alkyl halides is 2. The van der Waals surface area contributed by atoms with E-state index in [9.17, 15) is 13.6 Å². The standard InChI is InChI=1S/C19H21ClF2N2O3/c1-12-8-14(20)5-6-15(12)23-18(25)11-24(2)10-13-4-7-16(27-19(21)22)17(9-13)26-3/h4-9,19H,10-11H2,1-3H3,(H,23,25). The first kappa shape index (κ1) is 20.9. The minimum Gasteiger partial charge on any atom is -0.493 e. The maximum absolute atomic E-state index is 12.4. The Labute approximate surface area is 161 Å². The fourth-order valence-electron chi connectivity index (χ4n) is 2.57. The highest BCUT2D eigenvalue weighted by molar-refractivity contribution is 6.30. The lowest BCUT2D eigenvalue weighted by molar-refractivity contribution is -0.117. The molecule has 0 saturated carbocycles. The third-order valence-corrected chi connectivity index (χ3v) is 4.01. The van der Waals surface area contributed by atoms with Crippen LogP contribution < -0.4 is 14.8 Å². The molecule has 2 rings (SSSR count). The van der Waals surface area contributed by atoms with Crippen LogP contribution in [-0.4, -0.2) is 38.1 Å². The van der Waals surface area contributed by atoms with Gasteiger partial charge in [-0.2, -0.15) is 8.78 Å². The van der Waals surface area contributed by atoms with E-state index in [1.54, 1.807) is 42.3 Å². The summed E-state index contributed by atoms with van der Waals surface area (Å²) in [5.41, 5.74) is 2.37. The lowest BCUT2D eigenvalue weighted by Crippen LogP contribution is -2.30. The number of ether oxygens (including phenoxy) is 2. The molecule has 0 aliphatic rings. The first-order valence-electron chi connectivity index (χ1n) is 8.14. The minimum absolute atomic E-state index is 0.0325. The van der Waals surface area contributed by atoms with E-state index in [1.165, 1.54) is 13.2 Å². The van der Waals surface area contributed by atoms with Crippen LogP contribution in [0.1, 0.15) is 11.1 Å². The van der Waals surface area contributed by atoms with Crippen LogP contribution in [0.5, 0.6) is 11.5 Å². The van der Waals surface area contributed by atoms with Crippen LogP contribution in [0.15, 0.2) is 36.4 Å². The number of aryl methyl sites for hydroxylation is 1. The van der Waals surface area contributed by atoms with Gasteiger partial charge in [0.2, 0.25) is 5.91 Å². The average Bonchev–Trinajstić information content (AvgIpc) is 2.58. The number of nitrogens with one attached hydrogen (secondary N) is 1. The third-order valence-electron chi connectivity index (χ3n) is 3.77. The Bertz CT molecular complexity index is 803. The van der Waals surface area contributed by atoms with Gasteiger partial charge in [0.05, 0.1) is 13.7 Å². The summed E-state index contributed by atoms with van der Waals surface area (Å²) in [6.45, 7) is -0.481. The maximum Gasteiger partial charge on any atom is 0.387 e. The van der Waals surface area contributed by atoms with Crippen LogP contribution in [-0.2, 0) is 11.3 Å². The highest BCUT2D eigenvalue weighted by Gasteiger charge is 2.13. The molecule has 0 fully saturated rings. The Morgan fingerprint density at radius 1 is 1.22 bits per heavy atom. The van der Waals surface area contributed by atoms with Crippen LogP contribution in [0.3, 0.4) is 0 Å². The summed E-state index contributed by atoms with van der Waals surface area (Å²) in [6, 6.07) is 9.92. The summed E-state index contributed by atoms with van der Waals surface area (Å²) in [5, 5.41) is 3.45. The van der Waals surface area contributed by atoms with Crippen molar-refractivity contribution in [2.75, 3.05) is 26.0 Å². The van der Waals surface area contributed by atoms with E-state index >= 15 is 0 Å². The zero-order chi connectivity index (χ0) is 20.0. The molecule has 8 heteroatoms. The van der Waals surface area contributed by atoms with E-state index in [0.717, 1.165) is 11.1 Å². The fraction of sp³-hybridized carbons (Fsp3) is 0.316. The monoisotopic (exact) mass is 398 g/mol. The van der Waals surface area contributed by atoms with Gasteiger partial charge in [-0.15, -0.1) is 0 Å². The number of carbonyl (C=O) groups is 1. The number of nitrogens with zero attached hydrogens (tertiary/aromatic N) is 1. The Morgan fingerprint density at radius 2 is 1.96 bits per heavy atom. The topological polar surface area (TPSA) is 50.8 Å². The van der Waals surface area contributed by atoms with E-state index < -0.39 is 6.61 Å². The highest BCUT2D eigenvalue weighted by Crippen LogP contribution is 2.29. The number of anilines is 1. The van der Waals surface area contributed by atoms with Gasteiger partial charge in [0.1, 0.15) is 0 Å². The Hall–Kier alpha value is -2.38. The molecular formula is C19H21ClF2N2O3. The molecular weight excluding hydrogens is 378 g/mol. The zero-order valence-corrected chi connectivity index (χ0v) is 16.0. The smallest absolute Gasteiger partial charge is 0.387 e. The molecule has 0 heterocycles. The van der Waals surface area contributed by atoms with Gasteiger partial charge in [-0.05, 0) is 55.4 Å². The number of amides is 1. The summed E-state index contributed by atoms with van der Waals surface area (Å²) < 4.78 is 34.3. The van der Waals surface area contributed by atoms with Crippen LogP contribution in [0.25, 0.3) is 0 Å². The average molecular weight is 399 g/mol. The van der Waals surface area contributed by atoms with Crippen molar-refractivity contribution >= 4 is 23.2 Å². The molecule has 2 aromatic carbocycles. The SMILES string of the molecule is COc1cc(CN(C)CC(=O)Nc2ccc(Cl)cc2C)ccc1OC(F)F. The van der Waals surface area contributed by atoms with Crippen LogP contribution in [0, 0.1) is 6.92 Å². The van der Waals surface area contributed by atoms with Crippen molar-refractivity contribution in [2.24, 2.45) is 0 Å². The minimum atomic E-state index is -2.92. The number of benzene rings is 2. The molecule has 0 spiro atoms. The van der Waals surface area contributed by atoms with Crippen molar-refractivity contribution in [3.63, 3.8) is 0 Å². The largest absolute Gasteiger partial charge is 0.493 e. The Morgan fingerprint density at radius 3 is 2.59 bits per heavy atom. The van der Waals surface area contributed by atoms with Crippen molar-refractivity contribution in [1.29, 1.82) is 0 Å². The van der Waals surface area contributed by atoms with Gasteiger partial charge in [0, 0.05) is 17.3 Å². The molecule has 0 bridgehead atoms. The molecule has 0 aliphatic heterocycles. The first-order chi connectivity index (χ1) is 12.8. The van der Waals surface area contributed by atoms with Gasteiger partial charge in [-0.1, -0.05) is 17.7 Å². The summed E-state index contributed by atoms with van der Waals surface area (Å²) in [4.78, 5) is 14.0. The maximum atomic E-state index is 12.4. The summed E-state index contributed by atoms with van der Waals surface area (Å²) in [7, 11) is 3.16. The first-order valence-corrected chi connectivity index (χ1v) is 8.52. The molecule has 0 saturated heterocycles. The predicted octanol–water partition coefficient (Wildman–Crippen LogP) is 4.33. The fourth-order valence-corrected chi connectivity index (χ4v) is 2.80.